The minimum Gasteiger partial charge on any atom is -0.481 e. The number of likely N-dealkylation sites (N-methyl/N-ethyl adjacent to an activating group) is 1. The molecule has 0 spiro atoms. The molecule has 2 aliphatic heterocycles. The molecule has 0 aliphatic carbocycles. The standard InChI is InChI=1S/C17H21N3O4/c1-10-11(20(22)23)7-8-12-14(10)15(19-9-5-6-13(19)21)16(18-4)17(2,3)24-12/h7-8,18H,5-6,9H2,1-4H3. The maximum absolute atomic E-state index is 12.4. The van der Waals surface area contributed by atoms with Crippen LogP contribution in [0.4, 0.5) is 5.69 Å². The largest absolute Gasteiger partial charge is 0.481 e. The van der Waals surface area contributed by atoms with Crippen molar-refractivity contribution in [1.82, 2.24) is 10.2 Å². The maximum atomic E-state index is 12.4. The molecule has 3 rings (SSSR count). The molecule has 1 N–H and O–H groups in total. The van der Waals surface area contributed by atoms with Crippen molar-refractivity contribution in [3.8, 4) is 5.75 Å². The van der Waals surface area contributed by atoms with Crippen LogP contribution in [0.2, 0.25) is 0 Å². The molecule has 2 aliphatic rings. The molecule has 1 fully saturated rings. The van der Waals surface area contributed by atoms with Crippen molar-refractivity contribution in [1.29, 1.82) is 0 Å². The first-order valence-electron chi connectivity index (χ1n) is 7.98. The molecule has 0 atom stereocenters. The van der Waals surface area contributed by atoms with E-state index in [1.807, 2.05) is 13.8 Å². The molecule has 0 unspecified atom stereocenters. The van der Waals surface area contributed by atoms with E-state index in [-0.39, 0.29) is 11.6 Å². The lowest BCUT2D eigenvalue weighted by atomic mass is 9.91. The van der Waals surface area contributed by atoms with Crippen LogP contribution in [0, 0.1) is 17.0 Å². The Morgan fingerprint density at radius 3 is 2.62 bits per heavy atom. The number of benzene rings is 1. The first-order chi connectivity index (χ1) is 11.3. The van der Waals surface area contributed by atoms with E-state index < -0.39 is 10.5 Å². The Kier molecular flexibility index (Phi) is 3.74. The van der Waals surface area contributed by atoms with E-state index in [1.165, 1.54) is 6.07 Å². The number of carbonyl (C=O) groups is 1. The first-order valence-corrected chi connectivity index (χ1v) is 7.98. The second kappa shape index (κ2) is 5.51. The van der Waals surface area contributed by atoms with Gasteiger partial charge in [-0.2, -0.15) is 0 Å². The number of ether oxygens (including phenoxy) is 1. The van der Waals surface area contributed by atoms with Gasteiger partial charge in [-0.1, -0.05) is 0 Å². The molecule has 2 heterocycles. The van der Waals surface area contributed by atoms with Gasteiger partial charge in [0.05, 0.1) is 21.9 Å². The fourth-order valence-corrected chi connectivity index (χ4v) is 3.56. The van der Waals surface area contributed by atoms with E-state index in [2.05, 4.69) is 5.32 Å². The van der Waals surface area contributed by atoms with Crippen LogP contribution >= 0.6 is 0 Å². The van der Waals surface area contributed by atoms with Crippen LogP contribution in [0.15, 0.2) is 17.8 Å². The maximum Gasteiger partial charge on any atom is 0.273 e. The summed E-state index contributed by atoms with van der Waals surface area (Å²) in [5.74, 6) is 0.601. The van der Waals surface area contributed by atoms with E-state index in [0.717, 1.165) is 12.1 Å². The van der Waals surface area contributed by atoms with Gasteiger partial charge < -0.3 is 15.0 Å². The summed E-state index contributed by atoms with van der Waals surface area (Å²) in [5.41, 5.74) is 1.96. The molecule has 0 saturated carbocycles. The van der Waals surface area contributed by atoms with Crippen molar-refractivity contribution in [3.63, 3.8) is 0 Å². The average Bonchev–Trinajstić information content (AvgIpc) is 2.90. The summed E-state index contributed by atoms with van der Waals surface area (Å²) in [6.07, 6.45) is 1.27. The van der Waals surface area contributed by atoms with Crippen molar-refractivity contribution >= 4 is 17.3 Å². The number of likely N-dealkylation sites (tertiary alicyclic amines) is 1. The molecule has 7 heteroatoms. The van der Waals surface area contributed by atoms with E-state index in [1.54, 1.807) is 24.9 Å². The summed E-state index contributed by atoms with van der Waals surface area (Å²) >= 11 is 0. The molecule has 1 amide bonds. The van der Waals surface area contributed by atoms with E-state index in [9.17, 15) is 14.9 Å². The summed E-state index contributed by atoms with van der Waals surface area (Å²) in [6.45, 7) is 6.14. The quantitative estimate of drug-likeness (QED) is 0.680. The van der Waals surface area contributed by atoms with Crippen LogP contribution in [0.3, 0.4) is 0 Å². The molecule has 7 nitrogen and oxygen atoms in total. The van der Waals surface area contributed by atoms with Gasteiger partial charge in [-0.15, -0.1) is 0 Å². The number of carbonyl (C=O) groups excluding carboxylic acids is 1. The van der Waals surface area contributed by atoms with Crippen LogP contribution in [-0.4, -0.2) is 34.9 Å². The first kappa shape index (κ1) is 16.3. The zero-order chi connectivity index (χ0) is 17.6. The summed E-state index contributed by atoms with van der Waals surface area (Å²) in [4.78, 5) is 25.0. The monoisotopic (exact) mass is 331 g/mol. The van der Waals surface area contributed by atoms with Gasteiger partial charge in [0.1, 0.15) is 11.4 Å². The van der Waals surface area contributed by atoms with Gasteiger partial charge in [-0.25, -0.2) is 0 Å². The minimum atomic E-state index is -0.664. The zero-order valence-corrected chi connectivity index (χ0v) is 14.3. The molecule has 0 radical (unpaired) electrons. The number of rotatable bonds is 3. The zero-order valence-electron chi connectivity index (χ0n) is 14.3. The second-order valence-corrected chi connectivity index (χ2v) is 6.57. The van der Waals surface area contributed by atoms with Crippen LogP contribution < -0.4 is 10.1 Å². The highest BCUT2D eigenvalue weighted by atomic mass is 16.6. The van der Waals surface area contributed by atoms with Gasteiger partial charge in [0.15, 0.2) is 0 Å². The van der Waals surface area contributed by atoms with Crippen LogP contribution in [0.25, 0.3) is 5.70 Å². The highest BCUT2D eigenvalue weighted by Crippen LogP contribution is 2.45. The van der Waals surface area contributed by atoms with Crippen molar-refractivity contribution < 1.29 is 14.5 Å². The highest BCUT2D eigenvalue weighted by Gasteiger charge is 2.41. The lowest BCUT2D eigenvalue weighted by Gasteiger charge is -2.39. The Bertz CT molecular complexity index is 767. The number of nitrogens with zero attached hydrogens (tertiary/aromatic N) is 2. The normalized spacial score (nSPS) is 19.2. The van der Waals surface area contributed by atoms with Crippen molar-refractivity contribution in [3.05, 3.63) is 39.1 Å². The fourth-order valence-electron chi connectivity index (χ4n) is 3.56. The van der Waals surface area contributed by atoms with Gasteiger partial charge in [0.2, 0.25) is 5.91 Å². The number of nitro groups is 1. The molecule has 0 aromatic heterocycles. The number of hydrogen-bond donors (Lipinski definition) is 1. The Balaban J connectivity index is 2.32. The minimum absolute atomic E-state index is 0.0247. The molecule has 1 aromatic rings. The third-order valence-corrected chi connectivity index (χ3v) is 4.63. The van der Waals surface area contributed by atoms with Gasteiger partial charge in [0.25, 0.3) is 5.69 Å². The summed E-state index contributed by atoms with van der Waals surface area (Å²) in [7, 11) is 1.78. The second-order valence-electron chi connectivity index (χ2n) is 6.57. The third-order valence-electron chi connectivity index (χ3n) is 4.63. The Morgan fingerprint density at radius 2 is 2.08 bits per heavy atom. The van der Waals surface area contributed by atoms with Crippen LogP contribution in [0.1, 0.15) is 37.8 Å². The van der Waals surface area contributed by atoms with E-state index >= 15 is 0 Å². The number of nitrogens with one attached hydrogen (secondary N) is 1. The summed E-state index contributed by atoms with van der Waals surface area (Å²) in [6, 6.07) is 3.08. The third kappa shape index (κ3) is 2.31. The average molecular weight is 331 g/mol. The lowest BCUT2D eigenvalue weighted by Crippen LogP contribution is -2.43. The number of amides is 1. The van der Waals surface area contributed by atoms with Crippen LogP contribution in [-0.2, 0) is 4.79 Å². The SMILES string of the molecule is CNC1=C(N2CCCC2=O)c2c(ccc([N+](=O)[O-])c2C)OC1(C)C. The van der Waals surface area contributed by atoms with Gasteiger partial charge in [0, 0.05) is 31.6 Å². The molecular weight excluding hydrogens is 310 g/mol. The predicted molar refractivity (Wildman–Crippen MR) is 89.5 cm³/mol. The van der Waals surface area contributed by atoms with Crippen molar-refractivity contribution in [2.45, 2.75) is 39.2 Å². The van der Waals surface area contributed by atoms with Gasteiger partial charge >= 0.3 is 0 Å². The molecular formula is C17H21N3O4. The lowest BCUT2D eigenvalue weighted by molar-refractivity contribution is -0.385. The fraction of sp³-hybridized carbons (Fsp3) is 0.471. The highest BCUT2D eigenvalue weighted by molar-refractivity contribution is 5.92. The topological polar surface area (TPSA) is 84.7 Å². The van der Waals surface area contributed by atoms with Crippen molar-refractivity contribution in [2.75, 3.05) is 13.6 Å². The smallest absolute Gasteiger partial charge is 0.273 e. The van der Waals surface area contributed by atoms with Gasteiger partial charge in [-0.05, 0) is 33.3 Å². The predicted octanol–water partition coefficient (Wildman–Crippen LogP) is 2.58. The molecule has 1 saturated heterocycles. The van der Waals surface area contributed by atoms with E-state index in [0.29, 0.717) is 35.5 Å². The van der Waals surface area contributed by atoms with Crippen LogP contribution in [0.5, 0.6) is 5.75 Å². The summed E-state index contributed by atoms with van der Waals surface area (Å²) in [5, 5.41) is 14.5. The molecule has 1 aromatic carbocycles. The van der Waals surface area contributed by atoms with Gasteiger partial charge in [-0.3, -0.25) is 14.9 Å². The Hall–Kier alpha value is -2.57. The number of hydrogen-bond acceptors (Lipinski definition) is 5. The number of nitro benzene ring substituents is 1. The summed E-state index contributed by atoms with van der Waals surface area (Å²) < 4.78 is 6.08. The molecule has 128 valence electrons. The Labute approximate surface area is 140 Å². The number of fused-ring (bicyclic) bond motifs is 1. The molecule has 24 heavy (non-hydrogen) atoms. The Morgan fingerprint density at radius 1 is 1.38 bits per heavy atom. The van der Waals surface area contributed by atoms with E-state index in [4.69, 9.17) is 4.74 Å². The van der Waals surface area contributed by atoms with Crippen molar-refractivity contribution in [2.24, 2.45) is 0 Å². The molecule has 0 bridgehead atoms.